The van der Waals surface area contributed by atoms with Crippen LogP contribution in [0.2, 0.25) is 5.15 Å². The summed E-state index contributed by atoms with van der Waals surface area (Å²) in [6.07, 6.45) is 1.91. The predicted octanol–water partition coefficient (Wildman–Crippen LogP) is 4.14. The summed E-state index contributed by atoms with van der Waals surface area (Å²) in [6, 6.07) is 2.20. The molecule has 0 bridgehead atoms. The molecule has 0 aliphatic rings. The smallest absolute Gasteiger partial charge is 0.264 e. The number of rotatable bonds is 4. The van der Waals surface area contributed by atoms with E-state index in [-0.39, 0.29) is 10.8 Å². The Morgan fingerprint density at radius 1 is 1.36 bits per heavy atom. The van der Waals surface area contributed by atoms with Gasteiger partial charge in [-0.15, -0.1) is 0 Å². The first-order chi connectivity index (χ1) is 10.3. The summed E-state index contributed by atoms with van der Waals surface area (Å²) in [5.41, 5.74) is 0.633. The number of halogens is 4. The van der Waals surface area contributed by atoms with E-state index in [1.54, 1.807) is 6.92 Å². The summed E-state index contributed by atoms with van der Waals surface area (Å²) >= 11 is 9.18. The van der Waals surface area contributed by atoms with E-state index < -0.39 is 26.6 Å². The normalized spacial score (nSPS) is 11.5. The van der Waals surface area contributed by atoms with Crippen LogP contribution in [0.1, 0.15) is 12.5 Å². The minimum atomic E-state index is -4.27. The van der Waals surface area contributed by atoms with Crippen molar-refractivity contribution in [1.29, 1.82) is 0 Å². The van der Waals surface area contributed by atoms with Crippen LogP contribution in [0.15, 0.2) is 33.8 Å². The number of hydrogen-bond donors (Lipinski definition) is 1. The number of sulfonamides is 1. The lowest BCUT2D eigenvalue weighted by atomic mass is 10.2. The molecule has 0 spiro atoms. The maximum absolute atomic E-state index is 13.7. The highest BCUT2D eigenvalue weighted by Gasteiger charge is 2.23. The molecule has 1 aromatic carbocycles. The first-order valence-electron chi connectivity index (χ1n) is 6.07. The third kappa shape index (κ3) is 3.39. The SMILES string of the molecule is CCc1c(Br)cnc(Cl)c1NS(=O)(=O)c1ccc(F)cc1F. The van der Waals surface area contributed by atoms with Crippen LogP contribution in [0.3, 0.4) is 0 Å². The van der Waals surface area contributed by atoms with Gasteiger partial charge in [-0.3, -0.25) is 4.72 Å². The number of pyridine rings is 1. The highest BCUT2D eigenvalue weighted by Crippen LogP contribution is 2.32. The lowest BCUT2D eigenvalue weighted by Crippen LogP contribution is -2.16. The van der Waals surface area contributed by atoms with E-state index in [2.05, 4.69) is 25.6 Å². The highest BCUT2D eigenvalue weighted by atomic mass is 79.9. The molecule has 2 aromatic rings. The molecule has 0 aliphatic heterocycles. The van der Waals surface area contributed by atoms with Crippen LogP contribution < -0.4 is 4.72 Å². The van der Waals surface area contributed by atoms with Crippen molar-refractivity contribution in [2.45, 2.75) is 18.2 Å². The number of hydrogen-bond acceptors (Lipinski definition) is 3. The van der Waals surface area contributed by atoms with Crippen LogP contribution >= 0.6 is 27.5 Å². The maximum Gasteiger partial charge on any atom is 0.264 e. The molecule has 2 rings (SSSR count). The van der Waals surface area contributed by atoms with Gasteiger partial charge in [0.2, 0.25) is 0 Å². The average molecular weight is 412 g/mol. The molecule has 1 heterocycles. The Labute approximate surface area is 139 Å². The van der Waals surface area contributed by atoms with Gasteiger partial charge in [0.15, 0.2) is 5.15 Å². The molecule has 1 N–H and O–H groups in total. The third-order valence-corrected chi connectivity index (χ3v) is 5.21. The molecule has 0 atom stereocenters. The first-order valence-corrected chi connectivity index (χ1v) is 8.72. The van der Waals surface area contributed by atoms with Gasteiger partial charge in [0.1, 0.15) is 16.5 Å². The lowest BCUT2D eigenvalue weighted by Gasteiger charge is -2.14. The molecule has 0 amide bonds. The van der Waals surface area contributed by atoms with E-state index in [0.29, 0.717) is 22.5 Å². The van der Waals surface area contributed by atoms with E-state index in [4.69, 9.17) is 11.6 Å². The Bertz CT molecular complexity index is 831. The molecule has 22 heavy (non-hydrogen) atoms. The Hall–Kier alpha value is -1.25. The summed E-state index contributed by atoms with van der Waals surface area (Å²) in [4.78, 5) is 3.17. The molecule has 0 unspecified atom stereocenters. The fourth-order valence-electron chi connectivity index (χ4n) is 1.83. The van der Waals surface area contributed by atoms with Gasteiger partial charge >= 0.3 is 0 Å². The summed E-state index contributed by atoms with van der Waals surface area (Å²) in [5, 5.41) is -0.0638. The molecule has 9 heteroatoms. The van der Waals surface area contributed by atoms with Crippen molar-refractivity contribution < 1.29 is 17.2 Å². The summed E-state index contributed by atoms with van der Waals surface area (Å²) < 4.78 is 54.0. The average Bonchev–Trinajstić information content (AvgIpc) is 2.42. The van der Waals surface area contributed by atoms with Gasteiger partial charge in [0.25, 0.3) is 10.0 Å². The third-order valence-electron chi connectivity index (χ3n) is 2.86. The van der Waals surface area contributed by atoms with Gasteiger partial charge in [-0.25, -0.2) is 22.2 Å². The van der Waals surface area contributed by atoms with Gasteiger partial charge in [-0.1, -0.05) is 18.5 Å². The van der Waals surface area contributed by atoms with Crippen LogP contribution in [0, 0.1) is 11.6 Å². The zero-order valence-electron chi connectivity index (χ0n) is 11.2. The molecule has 0 radical (unpaired) electrons. The summed E-state index contributed by atoms with van der Waals surface area (Å²) in [6.45, 7) is 1.80. The van der Waals surface area contributed by atoms with Crippen LogP contribution in [-0.4, -0.2) is 13.4 Å². The maximum atomic E-state index is 13.7. The molecule has 0 saturated carbocycles. The monoisotopic (exact) mass is 410 g/mol. The van der Waals surface area contributed by atoms with Crippen LogP contribution in [-0.2, 0) is 16.4 Å². The Balaban J connectivity index is 2.52. The van der Waals surface area contributed by atoms with Crippen molar-refractivity contribution in [3.05, 3.63) is 51.2 Å². The topological polar surface area (TPSA) is 59.1 Å². The Kier molecular flexibility index (Phi) is 5.03. The van der Waals surface area contributed by atoms with Gasteiger partial charge in [-0.05, 0) is 40.0 Å². The molecular formula is C13H10BrClF2N2O2S. The Morgan fingerprint density at radius 2 is 2.05 bits per heavy atom. The number of nitrogens with one attached hydrogen (secondary N) is 1. The van der Waals surface area contributed by atoms with Gasteiger partial charge in [0.05, 0.1) is 5.69 Å². The molecule has 118 valence electrons. The fraction of sp³-hybridized carbons (Fsp3) is 0.154. The standard InChI is InChI=1S/C13H10BrClF2N2O2S/c1-2-8-9(14)6-18-13(15)12(8)19-22(20,21)11-4-3-7(16)5-10(11)17/h3-6,19H,2H2,1H3. The largest absolute Gasteiger partial charge is 0.276 e. The number of nitrogens with zero attached hydrogens (tertiary/aromatic N) is 1. The van der Waals surface area contributed by atoms with Crippen LogP contribution in [0.25, 0.3) is 0 Å². The van der Waals surface area contributed by atoms with Crippen molar-refractivity contribution in [2.24, 2.45) is 0 Å². The van der Waals surface area contributed by atoms with E-state index in [1.807, 2.05) is 0 Å². The van der Waals surface area contributed by atoms with Crippen molar-refractivity contribution in [1.82, 2.24) is 4.98 Å². The minimum Gasteiger partial charge on any atom is -0.276 e. The zero-order valence-corrected chi connectivity index (χ0v) is 14.4. The molecule has 0 aliphatic carbocycles. The van der Waals surface area contributed by atoms with Crippen LogP contribution in [0.5, 0.6) is 0 Å². The molecule has 0 saturated heterocycles. The summed E-state index contributed by atoms with van der Waals surface area (Å²) in [7, 11) is -4.27. The summed E-state index contributed by atoms with van der Waals surface area (Å²) in [5.74, 6) is -2.06. The number of aromatic nitrogens is 1. The van der Waals surface area contributed by atoms with E-state index in [0.717, 1.165) is 12.1 Å². The van der Waals surface area contributed by atoms with Crippen molar-refractivity contribution in [3.8, 4) is 0 Å². The predicted molar refractivity (Wildman–Crippen MR) is 83.5 cm³/mol. The minimum absolute atomic E-state index is 0.0577. The van der Waals surface area contributed by atoms with Crippen molar-refractivity contribution >= 4 is 43.2 Å². The zero-order chi connectivity index (χ0) is 16.5. The Morgan fingerprint density at radius 3 is 2.64 bits per heavy atom. The van der Waals surface area contributed by atoms with Gasteiger partial charge in [0, 0.05) is 16.7 Å². The fourth-order valence-corrected chi connectivity index (χ4v) is 3.84. The second kappa shape index (κ2) is 6.47. The first kappa shape index (κ1) is 17.1. The second-order valence-corrected chi connectivity index (χ2v) is 7.15. The van der Waals surface area contributed by atoms with E-state index in [1.165, 1.54) is 6.20 Å². The highest BCUT2D eigenvalue weighted by molar-refractivity contribution is 9.10. The lowest BCUT2D eigenvalue weighted by molar-refractivity contribution is 0.551. The molecule has 1 aromatic heterocycles. The molecule has 4 nitrogen and oxygen atoms in total. The van der Waals surface area contributed by atoms with Crippen molar-refractivity contribution in [2.75, 3.05) is 4.72 Å². The van der Waals surface area contributed by atoms with Crippen LogP contribution in [0.4, 0.5) is 14.5 Å². The number of anilines is 1. The van der Waals surface area contributed by atoms with E-state index >= 15 is 0 Å². The molecule has 0 fully saturated rings. The quantitative estimate of drug-likeness (QED) is 0.769. The second-order valence-electron chi connectivity index (χ2n) is 4.28. The number of benzene rings is 1. The van der Waals surface area contributed by atoms with E-state index in [9.17, 15) is 17.2 Å². The van der Waals surface area contributed by atoms with Gasteiger partial charge in [-0.2, -0.15) is 0 Å². The van der Waals surface area contributed by atoms with Gasteiger partial charge < -0.3 is 0 Å². The molecular weight excluding hydrogens is 402 g/mol. The van der Waals surface area contributed by atoms with Crippen molar-refractivity contribution in [3.63, 3.8) is 0 Å².